The summed E-state index contributed by atoms with van der Waals surface area (Å²) in [6.45, 7) is 7.41. The van der Waals surface area contributed by atoms with E-state index < -0.39 is 11.6 Å². The summed E-state index contributed by atoms with van der Waals surface area (Å²) in [6, 6.07) is 1.17. The van der Waals surface area contributed by atoms with E-state index in [9.17, 15) is 8.78 Å². The van der Waals surface area contributed by atoms with Crippen molar-refractivity contribution in [3.05, 3.63) is 29.1 Å². The van der Waals surface area contributed by atoms with Crippen LogP contribution in [0.5, 0.6) is 0 Å². The van der Waals surface area contributed by atoms with Crippen LogP contribution in [0.15, 0.2) is 6.07 Å². The Labute approximate surface area is 83.2 Å². The second kappa shape index (κ2) is 4.03. The Balaban J connectivity index is 3.28. The van der Waals surface area contributed by atoms with Gasteiger partial charge in [-0.1, -0.05) is 27.7 Å². The Morgan fingerprint density at radius 2 is 1.64 bits per heavy atom. The maximum atomic E-state index is 13.3. The van der Waals surface area contributed by atoms with Gasteiger partial charge in [-0.3, -0.25) is 4.98 Å². The fourth-order valence-electron chi connectivity index (χ4n) is 1.21. The zero-order valence-electron chi connectivity index (χ0n) is 8.94. The summed E-state index contributed by atoms with van der Waals surface area (Å²) in [4.78, 5) is 4.12. The highest BCUT2D eigenvalue weighted by molar-refractivity contribution is 5.19. The third-order valence-electron chi connectivity index (χ3n) is 2.10. The molecular formula is C11H15F2N. The summed E-state index contributed by atoms with van der Waals surface area (Å²) in [6.07, 6.45) is 0. The Morgan fingerprint density at radius 1 is 1.07 bits per heavy atom. The first-order valence-corrected chi connectivity index (χ1v) is 4.79. The van der Waals surface area contributed by atoms with Crippen LogP contribution in [0, 0.1) is 11.6 Å². The molecule has 3 heteroatoms. The van der Waals surface area contributed by atoms with E-state index in [2.05, 4.69) is 4.98 Å². The normalized spacial score (nSPS) is 11.4. The van der Waals surface area contributed by atoms with Gasteiger partial charge in [0.25, 0.3) is 0 Å². The van der Waals surface area contributed by atoms with Crippen molar-refractivity contribution >= 4 is 0 Å². The van der Waals surface area contributed by atoms with Gasteiger partial charge >= 0.3 is 0 Å². The van der Waals surface area contributed by atoms with E-state index in [0.717, 1.165) is 0 Å². The van der Waals surface area contributed by atoms with Crippen LogP contribution in [0.1, 0.15) is 50.9 Å². The Morgan fingerprint density at radius 3 is 2.07 bits per heavy atom. The summed E-state index contributed by atoms with van der Waals surface area (Å²) >= 11 is 0. The van der Waals surface area contributed by atoms with Gasteiger partial charge in [0, 0.05) is 5.69 Å². The molecule has 1 rings (SSSR count). The molecule has 0 saturated heterocycles. The summed E-state index contributed by atoms with van der Waals surface area (Å²) in [5.74, 6) is -1.59. The number of rotatable bonds is 2. The molecule has 1 nitrogen and oxygen atoms in total. The first-order chi connectivity index (χ1) is 6.43. The second-order valence-electron chi connectivity index (χ2n) is 4.04. The predicted octanol–water partition coefficient (Wildman–Crippen LogP) is 3.61. The molecule has 0 aliphatic rings. The van der Waals surface area contributed by atoms with Crippen molar-refractivity contribution in [2.45, 2.75) is 39.5 Å². The largest absolute Gasteiger partial charge is 0.254 e. The number of pyridine rings is 1. The van der Waals surface area contributed by atoms with Crippen molar-refractivity contribution in [1.29, 1.82) is 0 Å². The maximum Gasteiger partial charge on any atom is 0.180 e. The van der Waals surface area contributed by atoms with Gasteiger partial charge in [0.1, 0.15) is 0 Å². The van der Waals surface area contributed by atoms with Crippen LogP contribution in [0.4, 0.5) is 8.78 Å². The van der Waals surface area contributed by atoms with E-state index in [-0.39, 0.29) is 17.5 Å². The quantitative estimate of drug-likeness (QED) is 0.709. The highest BCUT2D eigenvalue weighted by Crippen LogP contribution is 2.22. The Kier molecular flexibility index (Phi) is 3.19. The van der Waals surface area contributed by atoms with Gasteiger partial charge < -0.3 is 0 Å². The van der Waals surface area contributed by atoms with Crippen LogP contribution in [0.25, 0.3) is 0 Å². The van der Waals surface area contributed by atoms with Crippen LogP contribution in [0.3, 0.4) is 0 Å². The molecule has 0 atom stereocenters. The standard InChI is InChI=1S/C11H15F2N/c1-6(2)9-5-8(12)10(13)11(14-9)7(3)4/h5-7H,1-4H3. The SMILES string of the molecule is CC(C)c1cc(F)c(F)c(C(C)C)n1. The molecule has 0 unspecified atom stereocenters. The molecule has 0 amide bonds. The van der Waals surface area contributed by atoms with Gasteiger partial charge in [-0.2, -0.15) is 0 Å². The molecule has 78 valence electrons. The van der Waals surface area contributed by atoms with Gasteiger partial charge in [-0.25, -0.2) is 8.78 Å². The number of halogens is 2. The zero-order chi connectivity index (χ0) is 10.9. The lowest BCUT2D eigenvalue weighted by Gasteiger charge is -2.11. The van der Waals surface area contributed by atoms with Crippen molar-refractivity contribution in [2.75, 3.05) is 0 Å². The Bertz CT molecular complexity index is 332. The van der Waals surface area contributed by atoms with E-state index in [1.54, 1.807) is 13.8 Å². The summed E-state index contributed by atoms with van der Waals surface area (Å²) < 4.78 is 26.4. The molecular weight excluding hydrogens is 184 g/mol. The topological polar surface area (TPSA) is 12.9 Å². The van der Waals surface area contributed by atoms with Crippen molar-refractivity contribution < 1.29 is 8.78 Å². The zero-order valence-corrected chi connectivity index (χ0v) is 8.94. The third kappa shape index (κ3) is 2.08. The molecule has 14 heavy (non-hydrogen) atoms. The monoisotopic (exact) mass is 199 g/mol. The minimum atomic E-state index is -0.815. The maximum absolute atomic E-state index is 13.3. The molecule has 0 radical (unpaired) electrons. The van der Waals surface area contributed by atoms with Crippen LogP contribution >= 0.6 is 0 Å². The lowest BCUT2D eigenvalue weighted by molar-refractivity contribution is 0.480. The van der Waals surface area contributed by atoms with E-state index in [1.165, 1.54) is 6.07 Å². The Hall–Kier alpha value is -0.990. The van der Waals surface area contributed by atoms with Crippen LogP contribution in [-0.4, -0.2) is 4.98 Å². The number of nitrogens with zero attached hydrogens (tertiary/aromatic N) is 1. The molecule has 1 aromatic rings. The van der Waals surface area contributed by atoms with Crippen LogP contribution < -0.4 is 0 Å². The van der Waals surface area contributed by atoms with Crippen LogP contribution in [0.2, 0.25) is 0 Å². The molecule has 0 saturated carbocycles. The van der Waals surface area contributed by atoms with Crippen molar-refractivity contribution in [3.63, 3.8) is 0 Å². The molecule has 1 aromatic heterocycles. The fourth-order valence-corrected chi connectivity index (χ4v) is 1.21. The number of hydrogen-bond donors (Lipinski definition) is 0. The first kappa shape index (κ1) is 11.1. The summed E-state index contributed by atoms with van der Waals surface area (Å²) in [5.41, 5.74) is 0.821. The minimum Gasteiger partial charge on any atom is -0.254 e. The molecule has 0 aliphatic carbocycles. The molecule has 0 fully saturated rings. The van der Waals surface area contributed by atoms with Gasteiger partial charge in [0.2, 0.25) is 0 Å². The van der Waals surface area contributed by atoms with Gasteiger partial charge in [0.05, 0.1) is 5.69 Å². The highest BCUT2D eigenvalue weighted by atomic mass is 19.2. The van der Waals surface area contributed by atoms with Crippen LogP contribution in [-0.2, 0) is 0 Å². The van der Waals surface area contributed by atoms with E-state index >= 15 is 0 Å². The van der Waals surface area contributed by atoms with E-state index in [0.29, 0.717) is 5.69 Å². The minimum absolute atomic E-state index is 0.0943. The van der Waals surface area contributed by atoms with Gasteiger partial charge in [-0.15, -0.1) is 0 Å². The predicted molar refractivity (Wildman–Crippen MR) is 52.3 cm³/mol. The van der Waals surface area contributed by atoms with Crippen molar-refractivity contribution in [3.8, 4) is 0 Å². The lowest BCUT2D eigenvalue weighted by atomic mass is 10.1. The first-order valence-electron chi connectivity index (χ1n) is 4.79. The van der Waals surface area contributed by atoms with Crippen molar-refractivity contribution in [2.24, 2.45) is 0 Å². The lowest BCUT2D eigenvalue weighted by Crippen LogP contribution is -2.05. The highest BCUT2D eigenvalue weighted by Gasteiger charge is 2.16. The molecule has 0 bridgehead atoms. The molecule has 0 N–H and O–H groups in total. The molecule has 1 heterocycles. The number of hydrogen-bond acceptors (Lipinski definition) is 1. The van der Waals surface area contributed by atoms with E-state index in [1.807, 2.05) is 13.8 Å². The van der Waals surface area contributed by atoms with Gasteiger partial charge in [-0.05, 0) is 17.9 Å². The third-order valence-corrected chi connectivity index (χ3v) is 2.10. The molecule has 0 spiro atoms. The van der Waals surface area contributed by atoms with E-state index in [4.69, 9.17) is 0 Å². The molecule has 0 aromatic carbocycles. The fraction of sp³-hybridized carbons (Fsp3) is 0.545. The number of aromatic nitrogens is 1. The van der Waals surface area contributed by atoms with Crippen molar-refractivity contribution in [1.82, 2.24) is 4.98 Å². The summed E-state index contributed by atoms with van der Waals surface area (Å²) in [7, 11) is 0. The smallest absolute Gasteiger partial charge is 0.180 e. The average Bonchev–Trinajstić information content (AvgIpc) is 2.08. The summed E-state index contributed by atoms with van der Waals surface area (Å²) in [5, 5.41) is 0. The second-order valence-corrected chi connectivity index (χ2v) is 4.04. The molecule has 0 aliphatic heterocycles. The van der Waals surface area contributed by atoms with Gasteiger partial charge in [0.15, 0.2) is 11.6 Å². The average molecular weight is 199 g/mol.